The van der Waals surface area contributed by atoms with E-state index in [1.54, 1.807) is 16.9 Å². The van der Waals surface area contributed by atoms with Crippen LogP contribution in [0.1, 0.15) is 5.56 Å². The van der Waals surface area contributed by atoms with Crippen LogP contribution in [0.2, 0.25) is 0 Å². The predicted molar refractivity (Wildman–Crippen MR) is 48.1 cm³/mol. The van der Waals surface area contributed by atoms with Gasteiger partial charge in [0.05, 0.1) is 6.20 Å². The Kier molecular flexibility index (Phi) is 2.62. The Morgan fingerprint density at radius 1 is 1.50 bits per heavy atom. The number of halogens is 1. The number of aromatic nitrogens is 3. The minimum Gasteiger partial charge on any atom is -0.326 e. The molecule has 2 N–H and O–H groups in total. The van der Waals surface area contributed by atoms with E-state index in [1.807, 2.05) is 12.3 Å². The summed E-state index contributed by atoms with van der Waals surface area (Å²) in [5.41, 5.74) is 7.29. The molecule has 0 aromatic carbocycles. The van der Waals surface area contributed by atoms with Gasteiger partial charge in [-0.15, -0.1) is 12.4 Å². The van der Waals surface area contributed by atoms with Gasteiger partial charge in [-0.2, -0.15) is 5.10 Å². The maximum atomic E-state index is 5.47. The summed E-state index contributed by atoms with van der Waals surface area (Å²) in [7, 11) is 0. The van der Waals surface area contributed by atoms with Gasteiger partial charge < -0.3 is 5.73 Å². The standard InChI is InChI=1S/C7H8N4.ClH/c8-4-6-5-10-11-3-1-2-9-7(6)11;/h1-3,5H,4,8H2;1H. The van der Waals surface area contributed by atoms with Gasteiger partial charge in [-0.25, -0.2) is 9.50 Å². The first-order chi connectivity index (χ1) is 5.42. The average Bonchev–Trinajstić information content (AvgIpc) is 2.47. The lowest BCUT2D eigenvalue weighted by atomic mass is 10.3. The van der Waals surface area contributed by atoms with Gasteiger partial charge in [0.15, 0.2) is 5.65 Å². The Hall–Kier alpha value is -1.13. The zero-order valence-corrected chi connectivity index (χ0v) is 7.16. The first-order valence-electron chi connectivity index (χ1n) is 3.39. The second-order valence-electron chi connectivity index (χ2n) is 2.26. The summed E-state index contributed by atoms with van der Waals surface area (Å²) >= 11 is 0. The highest BCUT2D eigenvalue weighted by molar-refractivity contribution is 5.85. The van der Waals surface area contributed by atoms with E-state index in [0.717, 1.165) is 11.2 Å². The van der Waals surface area contributed by atoms with Crippen LogP contribution < -0.4 is 5.73 Å². The van der Waals surface area contributed by atoms with Crippen LogP contribution in [0.4, 0.5) is 0 Å². The molecule has 2 aromatic heterocycles. The molecule has 5 heteroatoms. The minimum absolute atomic E-state index is 0. The SMILES string of the molecule is Cl.NCc1cnn2cccnc12. The number of rotatable bonds is 1. The number of nitrogens with zero attached hydrogens (tertiary/aromatic N) is 3. The smallest absolute Gasteiger partial charge is 0.159 e. The molecule has 64 valence electrons. The molecule has 2 rings (SSSR count). The van der Waals surface area contributed by atoms with Gasteiger partial charge in [0.2, 0.25) is 0 Å². The predicted octanol–water partition coefficient (Wildman–Crippen LogP) is 0.610. The van der Waals surface area contributed by atoms with Crippen LogP contribution >= 0.6 is 12.4 Å². The minimum atomic E-state index is 0. The van der Waals surface area contributed by atoms with E-state index in [9.17, 15) is 0 Å². The van der Waals surface area contributed by atoms with Crippen molar-refractivity contribution in [1.82, 2.24) is 14.6 Å². The Labute approximate surface area is 75.8 Å². The summed E-state index contributed by atoms with van der Waals surface area (Å²) in [4.78, 5) is 4.13. The summed E-state index contributed by atoms with van der Waals surface area (Å²) in [6, 6.07) is 1.83. The topological polar surface area (TPSA) is 56.2 Å². The van der Waals surface area contributed by atoms with E-state index in [4.69, 9.17) is 5.73 Å². The first kappa shape index (κ1) is 8.96. The van der Waals surface area contributed by atoms with Gasteiger partial charge in [-0.1, -0.05) is 0 Å². The van der Waals surface area contributed by atoms with E-state index < -0.39 is 0 Å². The third-order valence-electron chi connectivity index (χ3n) is 1.57. The third-order valence-corrected chi connectivity index (χ3v) is 1.57. The normalized spacial score (nSPS) is 9.75. The quantitative estimate of drug-likeness (QED) is 0.707. The molecule has 0 aliphatic rings. The van der Waals surface area contributed by atoms with Gasteiger partial charge in [0, 0.05) is 24.5 Å². The molecule has 0 spiro atoms. The molecule has 0 saturated carbocycles. The average molecular weight is 185 g/mol. The summed E-state index contributed by atoms with van der Waals surface area (Å²) < 4.78 is 1.71. The highest BCUT2D eigenvalue weighted by atomic mass is 35.5. The molecule has 0 bridgehead atoms. The summed E-state index contributed by atoms with van der Waals surface area (Å²) in [6.07, 6.45) is 5.32. The molecule has 0 aliphatic heterocycles. The first-order valence-corrected chi connectivity index (χ1v) is 3.39. The zero-order chi connectivity index (χ0) is 7.68. The Balaban J connectivity index is 0.000000720. The second kappa shape index (κ2) is 3.51. The second-order valence-corrected chi connectivity index (χ2v) is 2.26. The fourth-order valence-electron chi connectivity index (χ4n) is 1.02. The van der Waals surface area contributed by atoms with Crippen molar-refractivity contribution >= 4 is 18.1 Å². The van der Waals surface area contributed by atoms with Crippen LogP contribution in [-0.4, -0.2) is 14.6 Å². The monoisotopic (exact) mass is 184 g/mol. The fourth-order valence-corrected chi connectivity index (χ4v) is 1.02. The Morgan fingerprint density at radius 3 is 3.08 bits per heavy atom. The van der Waals surface area contributed by atoms with E-state index in [-0.39, 0.29) is 12.4 Å². The molecule has 12 heavy (non-hydrogen) atoms. The van der Waals surface area contributed by atoms with Crippen LogP contribution in [0, 0.1) is 0 Å². The maximum Gasteiger partial charge on any atom is 0.159 e. The molecule has 0 radical (unpaired) electrons. The van der Waals surface area contributed by atoms with Gasteiger partial charge in [0.1, 0.15) is 0 Å². The zero-order valence-electron chi connectivity index (χ0n) is 6.34. The van der Waals surface area contributed by atoms with Crippen LogP contribution in [0.5, 0.6) is 0 Å². The summed E-state index contributed by atoms with van der Waals surface area (Å²) in [5.74, 6) is 0. The number of fused-ring (bicyclic) bond motifs is 1. The number of nitrogens with two attached hydrogens (primary N) is 1. The fraction of sp³-hybridized carbons (Fsp3) is 0.143. The van der Waals surface area contributed by atoms with E-state index in [0.29, 0.717) is 6.54 Å². The van der Waals surface area contributed by atoms with Crippen LogP contribution in [-0.2, 0) is 6.54 Å². The molecule has 4 nitrogen and oxygen atoms in total. The lowest BCUT2D eigenvalue weighted by Crippen LogP contribution is -1.96. The van der Waals surface area contributed by atoms with Crippen molar-refractivity contribution in [2.45, 2.75) is 6.54 Å². The van der Waals surface area contributed by atoms with Crippen molar-refractivity contribution in [3.8, 4) is 0 Å². The van der Waals surface area contributed by atoms with Crippen molar-refractivity contribution in [2.24, 2.45) is 5.73 Å². The van der Waals surface area contributed by atoms with Gasteiger partial charge >= 0.3 is 0 Å². The van der Waals surface area contributed by atoms with Crippen molar-refractivity contribution in [3.05, 3.63) is 30.2 Å². The molecular formula is C7H9ClN4. The van der Waals surface area contributed by atoms with Crippen molar-refractivity contribution < 1.29 is 0 Å². The van der Waals surface area contributed by atoms with Crippen LogP contribution in [0.3, 0.4) is 0 Å². The Morgan fingerprint density at radius 2 is 2.33 bits per heavy atom. The highest BCUT2D eigenvalue weighted by Gasteiger charge is 2.00. The van der Waals surface area contributed by atoms with Crippen LogP contribution in [0.15, 0.2) is 24.7 Å². The van der Waals surface area contributed by atoms with E-state index in [1.165, 1.54) is 0 Å². The molecule has 2 heterocycles. The van der Waals surface area contributed by atoms with E-state index >= 15 is 0 Å². The van der Waals surface area contributed by atoms with Gasteiger partial charge in [0.25, 0.3) is 0 Å². The number of hydrogen-bond acceptors (Lipinski definition) is 3. The highest BCUT2D eigenvalue weighted by Crippen LogP contribution is 2.04. The lowest BCUT2D eigenvalue weighted by Gasteiger charge is -1.91. The molecule has 2 aromatic rings. The maximum absolute atomic E-state index is 5.47. The summed E-state index contributed by atoms with van der Waals surface area (Å²) in [6.45, 7) is 0.487. The molecule has 0 saturated heterocycles. The van der Waals surface area contributed by atoms with Crippen LogP contribution in [0.25, 0.3) is 5.65 Å². The van der Waals surface area contributed by atoms with Gasteiger partial charge in [-0.3, -0.25) is 0 Å². The van der Waals surface area contributed by atoms with Crippen molar-refractivity contribution in [2.75, 3.05) is 0 Å². The third kappa shape index (κ3) is 1.26. The van der Waals surface area contributed by atoms with Gasteiger partial charge in [-0.05, 0) is 6.07 Å². The molecule has 0 amide bonds. The van der Waals surface area contributed by atoms with E-state index in [2.05, 4.69) is 10.1 Å². The molecule has 0 atom stereocenters. The Bertz CT molecular complexity index is 370. The summed E-state index contributed by atoms with van der Waals surface area (Å²) in [5, 5.41) is 4.06. The van der Waals surface area contributed by atoms with Crippen molar-refractivity contribution in [3.63, 3.8) is 0 Å². The molecular weight excluding hydrogens is 176 g/mol. The largest absolute Gasteiger partial charge is 0.326 e. The molecule has 0 aliphatic carbocycles. The molecule has 0 fully saturated rings. The molecule has 0 unspecified atom stereocenters. The van der Waals surface area contributed by atoms with Crippen molar-refractivity contribution in [1.29, 1.82) is 0 Å². The lowest BCUT2D eigenvalue weighted by molar-refractivity contribution is 0.939. The number of hydrogen-bond donors (Lipinski definition) is 1.